The van der Waals surface area contributed by atoms with Crippen molar-refractivity contribution in [3.8, 4) is 0 Å². The molecule has 102 valence electrons. The van der Waals surface area contributed by atoms with Gasteiger partial charge in [0.1, 0.15) is 0 Å². The van der Waals surface area contributed by atoms with Crippen LogP contribution >= 0.6 is 0 Å². The third-order valence-corrected chi connectivity index (χ3v) is 6.15. The normalized spacial score (nSPS) is 45.6. The van der Waals surface area contributed by atoms with Crippen molar-refractivity contribution in [3.63, 3.8) is 0 Å². The van der Waals surface area contributed by atoms with Crippen LogP contribution in [0.2, 0.25) is 0 Å². The predicted molar refractivity (Wildman–Crippen MR) is 69.2 cm³/mol. The Morgan fingerprint density at radius 1 is 1.00 bits per heavy atom. The molecule has 4 heteroatoms. The fraction of sp³-hybridized carbons (Fsp3) is 0.867. The van der Waals surface area contributed by atoms with Gasteiger partial charge >= 0.3 is 0 Å². The van der Waals surface area contributed by atoms with E-state index in [2.05, 4.69) is 5.16 Å². The number of rotatable bonds is 2. The van der Waals surface area contributed by atoms with Crippen molar-refractivity contribution in [2.24, 2.45) is 23.5 Å². The highest BCUT2D eigenvalue weighted by atomic mass is 16.5. The van der Waals surface area contributed by atoms with Gasteiger partial charge in [0.2, 0.25) is 5.89 Å². The van der Waals surface area contributed by atoms with Gasteiger partial charge in [-0.1, -0.05) is 5.16 Å². The van der Waals surface area contributed by atoms with Gasteiger partial charge in [0.05, 0.1) is 5.54 Å². The molecule has 0 aromatic carbocycles. The van der Waals surface area contributed by atoms with Crippen molar-refractivity contribution in [3.05, 3.63) is 11.7 Å². The molecule has 0 atom stereocenters. The highest BCUT2D eigenvalue weighted by Gasteiger charge is 2.55. The Kier molecular flexibility index (Phi) is 1.84. The lowest BCUT2D eigenvalue weighted by Crippen LogP contribution is -2.49. The number of nitrogens with zero attached hydrogens (tertiary/aromatic N) is 2. The van der Waals surface area contributed by atoms with Gasteiger partial charge in [0.25, 0.3) is 0 Å². The van der Waals surface area contributed by atoms with E-state index in [-0.39, 0.29) is 11.0 Å². The first-order valence-corrected chi connectivity index (χ1v) is 7.79. The zero-order valence-corrected chi connectivity index (χ0v) is 11.3. The molecule has 5 aliphatic rings. The molecule has 4 bridgehead atoms. The van der Waals surface area contributed by atoms with Crippen molar-refractivity contribution < 1.29 is 4.52 Å². The van der Waals surface area contributed by atoms with Gasteiger partial charge in [0, 0.05) is 5.41 Å². The molecule has 0 spiro atoms. The molecular weight excluding hydrogens is 238 g/mol. The number of nitrogens with two attached hydrogens (primary N) is 1. The largest absolute Gasteiger partial charge is 0.337 e. The van der Waals surface area contributed by atoms with E-state index in [1.54, 1.807) is 0 Å². The molecule has 2 N–H and O–H groups in total. The summed E-state index contributed by atoms with van der Waals surface area (Å²) in [6, 6.07) is 0. The maximum absolute atomic E-state index is 6.18. The van der Waals surface area contributed by atoms with E-state index in [0.29, 0.717) is 5.89 Å². The summed E-state index contributed by atoms with van der Waals surface area (Å²) in [6.07, 6.45) is 10.2. The predicted octanol–water partition coefficient (Wildman–Crippen LogP) is 2.49. The maximum atomic E-state index is 6.18. The Bertz CT molecular complexity index is 496. The lowest BCUT2D eigenvalue weighted by Gasteiger charge is -2.55. The summed E-state index contributed by atoms with van der Waals surface area (Å²) in [5.41, 5.74) is 6.13. The van der Waals surface area contributed by atoms with E-state index < -0.39 is 0 Å². The first-order chi connectivity index (χ1) is 9.15. The second-order valence-electron chi connectivity index (χ2n) is 7.78. The number of hydrogen-bond acceptors (Lipinski definition) is 4. The van der Waals surface area contributed by atoms with E-state index >= 15 is 0 Å². The minimum atomic E-state index is -0.284. The zero-order chi connectivity index (χ0) is 12.7. The molecule has 5 fully saturated rings. The Morgan fingerprint density at radius 3 is 2.11 bits per heavy atom. The molecule has 4 nitrogen and oxygen atoms in total. The Morgan fingerprint density at radius 2 is 1.58 bits per heavy atom. The summed E-state index contributed by atoms with van der Waals surface area (Å²) in [7, 11) is 0. The molecule has 6 rings (SSSR count). The third kappa shape index (κ3) is 1.44. The van der Waals surface area contributed by atoms with Crippen LogP contribution in [0, 0.1) is 17.8 Å². The fourth-order valence-corrected chi connectivity index (χ4v) is 5.37. The summed E-state index contributed by atoms with van der Waals surface area (Å²) >= 11 is 0. The average Bonchev–Trinajstić information content (AvgIpc) is 2.91. The van der Waals surface area contributed by atoms with Crippen molar-refractivity contribution in [1.29, 1.82) is 0 Å². The van der Waals surface area contributed by atoms with Crippen LogP contribution < -0.4 is 5.73 Å². The zero-order valence-electron chi connectivity index (χ0n) is 11.3. The van der Waals surface area contributed by atoms with Crippen LogP contribution in [0.5, 0.6) is 0 Å². The Balaban J connectivity index is 1.53. The summed E-state index contributed by atoms with van der Waals surface area (Å²) in [5.74, 6) is 4.43. The minimum Gasteiger partial charge on any atom is -0.337 e. The van der Waals surface area contributed by atoms with Gasteiger partial charge in [-0.3, -0.25) is 0 Å². The van der Waals surface area contributed by atoms with Crippen molar-refractivity contribution in [2.45, 2.75) is 62.3 Å². The van der Waals surface area contributed by atoms with E-state index in [1.165, 1.54) is 38.5 Å². The first kappa shape index (κ1) is 10.8. The highest BCUT2D eigenvalue weighted by Crippen LogP contribution is 2.60. The average molecular weight is 259 g/mol. The molecule has 0 unspecified atom stereocenters. The van der Waals surface area contributed by atoms with Gasteiger partial charge < -0.3 is 10.3 Å². The van der Waals surface area contributed by atoms with Crippen molar-refractivity contribution in [2.75, 3.05) is 0 Å². The fourth-order valence-electron chi connectivity index (χ4n) is 5.37. The summed E-state index contributed by atoms with van der Waals surface area (Å²) < 4.78 is 5.49. The summed E-state index contributed by atoms with van der Waals surface area (Å²) in [6.45, 7) is 0. The number of aromatic nitrogens is 2. The van der Waals surface area contributed by atoms with Crippen LogP contribution in [0.3, 0.4) is 0 Å². The third-order valence-electron chi connectivity index (χ3n) is 6.15. The van der Waals surface area contributed by atoms with Crippen LogP contribution in [-0.4, -0.2) is 10.1 Å². The molecule has 19 heavy (non-hydrogen) atoms. The molecule has 5 saturated carbocycles. The van der Waals surface area contributed by atoms with Gasteiger partial charge in [-0.05, 0) is 69.1 Å². The van der Waals surface area contributed by atoms with Gasteiger partial charge in [0.15, 0.2) is 5.82 Å². The molecule has 1 heterocycles. The smallest absolute Gasteiger partial charge is 0.246 e. The van der Waals surface area contributed by atoms with Gasteiger partial charge in [-0.25, -0.2) is 0 Å². The molecule has 0 saturated heterocycles. The molecule has 1 aromatic rings. The second kappa shape index (κ2) is 3.22. The Hall–Kier alpha value is -0.900. The Labute approximate surface area is 113 Å². The maximum Gasteiger partial charge on any atom is 0.246 e. The van der Waals surface area contributed by atoms with Crippen LogP contribution in [0.25, 0.3) is 0 Å². The van der Waals surface area contributed by atoms with E-state index in [1.807, 2.05) is 0 Å². The lowest BCUT2D eigenvalue weighted by molar-refractivity contribution is -0.0103. The van der Waals surface area contributed by atoms with Crippen LogP contribution in [0.1, 0.15) is 63.1 Å². The van der Waals surface area contributed by atoms with Gasteiger partial charge in [-0.2, -0.15) is 4.98 Å². The molecule has 0 amide bonds. The van der Waals surface area contributed by atoms with E-state index in [9.17, 15) is 0 Å². The van der Waals surface area contributed by atoms with Crippen molar-refractivity contribution in [1.82, 2.24) is 10.1 Å². The molecule has 5 aliphatic carbocycles. The first-order valence-electron chi connectivity index (χ1n) is 7.79. The monoisotopic (exact) mass is 259 g/mol. The lowest BCUT2D eigenvalue weighted by atomic mass is 9.49. The molecule has 0 aliphatic heterocycles. The topological polar surface area (TPSA) is 64.9 Å². The molecule has 1 aromatic heterocycles. The summed E-state index contributed by atoms with van der Waals surface area (Å²) in [4.78, 5) is 4.73. The van der Waals surface area contributed by atoms with Crippen LogP contribution in [0.4, 0.5) is 0 Å². The van der Waals surface area contributed by atoms with Crippen LogP contribution in [0.15, 0.2) is 4.52 Å². The second-order valence-corrected chi connectivity index (χ2v) is 7.78. The highest BCUT2D eigenvalue weighted by molar-refractivity contribution is 5.19. The quantitative estimate of drug-likeness (QED) is 0.886. The summed E-state index contributed by atoms with van der Waals surface area (Å²) in [5, 5.41) is 4.35. The SMILES string of the molecule is NC1(c2nc(C34CC5CC(CC(C5)C3)C4)no2)CC1. The minimum absolute atomic E-state index is 0.238. The van der Waals surface area contributed by atoms with Gasteiger partial charge in [-0.15, -0.1) is 0 Å². The van der Waals surface area contributed by atoms with E-state index in [4.69, 9.17) is 15.2 Å². The molecular formula is C15H21N3O. The van der Waals surface area contributed by atoms with E-state index in [0.717, 1.165) is 36.4 Å². The number of hydrogen-bond donors (Lipinski definition) is 1. The van der Waals surface area contributed by atoms with Crippen molar-refractivity contribution >= 4 is 0 Å². The molecule has 0 radical (unpaired) electrons. The standard InChI is InChI=1S/C15H21N3O/c16-15(1-2-15)13-17-12(18-19-13)14-6-9-3-10(7-14)5-11(4-9)8-14/h9-11H,1-8,16H2. The van der Waals surface area contributed by atoms with Crippen LogP contribution in [-0.2, 0) is 11.0 Å².